The van der Waals surface area contributed by atoms with Crippen molar-refractivity contribution in [2.75, 3.05) is 0 Å². The molecule has 1 aromatic rings. The third-order valence-electron chi connectivity index (χ3n) is 0.622. The van der Waals surface area contributed by atoms with E-state index in [2.05, 4.69) is 20.9 Å². The molecule has 0 spiro atoms. The molecule has 0 radical (unpaired) electrons. The van der Waals surface area contributed by atoms with E-state index in [-0.39, 0.29) is 17.1 Å². The van der Waals surface area contributed by atoms with Crippen LogP contribution < -0.4 is 0 Å². The Kier molecular flexibility index (Phi) is 1.87. The number of pyridine rings is 1. The van der Waals surface area contributed by atoms with Gasteiger partial charge in [-0.1, -0.05) is 11.6 Å². The first kappa shape index (κ1) is 5.32. The Morgan fingerprint density at radius 2 is 2.44 bits per heavy atom. The van der Waals surface area contributed by atoms with Gasteiger partial charge in [0.05, 0.1) is 2.74 Å². The minimum Gasteiger partial charge on any atom is -0.235 e. The zero-order valence-electron chi connectivity index (χ0n) is 6.08. The van der Waals surface area contributed by atoms with Gasteiger partial charge in [0, 0.05) is 5.02 Å². The van der Waals surface area contributed by atoms with Crippen LogP contribution in [0.3, 0.4) is 0 Å². The molecule has 0 saturated heterocycles. The van der Waals surface area contributed by atoms with Crippen molar-refractivity contribution in [3.8, 4) is 0 Å². The van der Waals surface area contributed by atoms with Gasteiger partial charge in [0.25, 0.3) is 0 Å². The van der Waals surface area contributed by atoms with Gasteiger partial charge in [-0.2, -0.15) is 0 Å². The van der Waals surface area contributed by atoms with E-state index in [0.717, 1.165) is 0 Å². The fourth-order valence-corrected chi connectivity index (χ4v) is 2.02. The van der Waals surface area contributed by atoms with E-state index >= 15 is 0 Å². The average molecular weight is 320 g/mol. The molecule has 0 N–H and O–H groups in total. The molecule has 48 valence electrons. The molecule has 0 aromatic carbocycles. The summed E-state index contributed by atoms with van der Waals surface area (Å²) in [4.78, 5) is 3.88. The third-order valence-corrected chi connectivity index (χ3v) is 1.70. The second kappa shape index (κ2) is 3.16. The van der Waals surface area contributed by atoms with Crippen molar-refractivity contribution in [3.05, 3.63) is 25.4 Å². The fraction of sp³-hybridized carbons (Fsp3) is 0. The van der Waals surface area contributed by atoms with E-state index < -0.39 is 0 Å². The van der Waals surface area contributed by atoms with Gasteiger partial charge in [-0.25, -0.2) is 4.98 Å². The van der Waals surface area contributed by atoms with Crippen molar-refractivity contribution >= 4 is 50.1 Å². The van der Waals surface area contributed by atoms with E-state index in [0.29, 0.717) is 8.30 Å². The molecular weight excluding hydrogens is 316 g/mol. The number of rotatable bonds is 0. The van der Waals surface area contributed by atoms with Crippen molar-refractivity contribution in [1.29, 1.82) is 0 Å². The highest BCUT2D eigenvalue weighted by Crippen LogP contribution is 2.16. The van der Waals surface area contributed by atoms with E-state index in [4.69, 9.17) is 14.3 Å². The minimum atomic E-state index is 0.0667. The van der Waals surface area contributed by atoms with Crippen LogP contribution in [0.4, 0.5) is 0 Å². The van der Waals surface area contributed by atoms with E-state index in [1.807, 2.05) is 22.6 Å². The lowest BCUT2D eigenvalue weighted by Gasteiger charge is -1.91. The van der Waals surface area contributed by atoms with E-state index in [9.17, 15) is 0 Å². The van der Waals surface area contributed by atoms with Crippen molar-refractivity contribution in [3.63, 3.8) is 0 Å². The van der Waals surface area contributed by atoms with Crippen molar-refractivity contribution in [2.24, 2.45) is 0 Å². The molecular formula is C5H2BrClIN. The van der Waals surface area contributed by atoms with Gasteiger partial charge in [0.1, 0.15) is 8.30 Å². The second-order valence-corrected chi connectivity index (χ2v) is 3.41. The molecule has 4 heteroatoms. The van der Waals surface area contributed by atoms with Crippen LogP contribution in [0.1, 0.15) is 2.74 Å². The molecule has 1 heterocycles. The molecule has 1 nitrogen and oxygen atoms in total. The topological polar surface area (TPSA) is 12.9 Å². The molecule has 0 unspecified atom stereocenters. The maximum Gasteiger partial charge on any atom is 0.108 e. The summed E-state index contributed by atoms with van der Waals surface area (Å²) in [5, 5.41) is 0.135. The third kappa shape index (κ3) is 2.39. The summed E-state index contributed by atoms with van der Waals surface area (Å²) in [5.74, 6) is 0. The van der Waals surface area contributed by atoms with Gasteiger partial charge >= 0.3 is 0 Å². The molecule has 0 bridgehead atoms. The first-order valence-corrected chi connectivity index (χ1v) is 4.26. The summed E-state index contributed by atoms with van der Waals surface area (Å²) in [6.45, 7) is 0. The lowest BCUT2D eigenvalue weighted by Crippen LogP contribution is -1.79. The van der Waals surface area contributed by atoms with Gasteiger partial charge in [-0.05, 0) is 50.6 Å². The number of halogens is 3. The van der Waals surface area contributed by atoms with E-state index in [1.54, 1.807) is 0 Å². The molecule has 0 atom stereocenters. The van der Waals surface area contributed by atoms with Crippen LogP contribution in [-0.2, 0) is 0 Å². The highest BCUT2D eigenvalue weighted by atomic mass is 127. The average Bonchev–Trinajstić information content (AvgIpc) is 1.97. The van der Waals surface area contributed by atoms with Crippen LogP contribution in [0.15, 0.2) is 16.7 Å². The Bertz CT molecular complexity index is 281. The van der Waals surface area contributed by atoms with Crippen LogP contribution in [-0.4, -0.2) is 4.98 Å². The van der Waals surface area contributed by atoms with Gasteiger partial charge < -0.3 is 0 Å². The van der Waals surface area contributed by atoms with Crippen LogP contribution in [0.5, 0.6) is 0 Å². The molecule has 0 saturated carbocycles. The first-order chi connectivity index (χ1) is 5.04. The molecule has 1 rings (SSSR count). The van der Waals surface area contributed by atoms with Crippen molar-refractivity contribution in [2.45, 2.75) is 0 Å². The largest absolute Gasteiger partial charge is 0.235 e. The Morgan fingerprint density at radius 1 is 1.78 bits per heavy atom. The Morgan fingerprint density at radius 3 is 3.11 bits per heavy atom. The maximum absolute atomic E-state index is 7.34. The minimum absolute atomic E-state index is 0.0667. The second-order valence-electron chi connectivity index (χ2n) is 1.26. The molecule has 0 amide bonds. The monoisotopic (exact) mass is 319 g/mol. The Balaban J connectivity index is 3.46. The molecule has 1 aromatic heterocycles. The van der Waals surface area contributed by atoms with Crippen LogP contribution in [0.2, 0.25) is 5.02 Å². The lowest BCUT2D eigenvalue weighted by atomic mass is 10.5. The van der Waals surface area contributed by atoms with Gasteiger partial charge in [-0.15, -0.1) is 0 Å². The number of hydrogen-bond acceptors (Lipinski definition) is 1. The highest BCUT2D eigenvalue weighted by molar-refractivity contribution is 14.1. The zero-order chi connectivity index (χ0) is 8.59. The number of aromatic nitrogens is 1. The van der Waals surface area contributed by atoms with Crippen LogP contribution in [0, 0.1) is 3.70 Å². The summed E-state index contributed by atoms with van der Waals surface area (Å²) in [6.07, 6.45) is 0. The summed E-state index contributed by atoms with van der Waals surface area (Å²) in [7, 11) is 0. The molecule has 0 fully saturated rings. The molecule has 0 aliphatic rings. The SMILES string of the molecule is [2H]c1c(Br)nc(I)c([2H])c1Cl. The van der Waals surface area contributed by atoms with Gasteiger partial charge in [-0.3, -0.25) is 0 Å². The zero-order valence-corrected chi connectivity index (χ0v) is 8.58. The van der Waals surface area contributed by atoms with Gasteiger partial charge in [0.15, 0.2) is 0 Å². The van der Waals surface area contributed by atoms with Crippen molar-refractivity contribution < 1.29 is 2.74 Å². The lowest BCUT2D eigenvalue weighted by molar-refractivity contribution is 1.23. The van der Waals surface area contributed by atoms with Crippen LogP contribution >= 0.6 is 50.1 Å². The van der Waals surface area contributed by atoms with Crippen molar-refractivity contribution in [1.82, 2.24) is 4.98 Å². The predicted octanol–water partition coefficient (Wildman–Crippen LogP) is 3.10. The summed E-state index contributed by atoms with van der Waals surface area (Å²) >= 11 is 10.6. The van der Waals surface area contributed by atoms with Crippen LogP contribution in [0.25, 0.3) is 0 Å². The number of hydrogen-bond donors (Lipinski definition) is 0. The predicted molar refractivity (Wildman–Crippen MR) is 49.7 cm³/mol. The summed E-state index contributed by atoms with van der Waals surface area (Å²) < 4.78 is 15.5. The molecule has 0 aliphatic carbocycles. The fourth-order valence-electron chi connectivity index (χ4n) is 0.354. The highest BCUT2D eigenvalue weighted by Gasteiger charge is 1.93. The maximum atomic E-state index is 7.34. The molecule has 0 aliphatic heterocycles. The van der Waals surface area contributed by atoms with E-state index in [1.165, 1.54) is 0 Å². The first-order valence-electron chi connectivity index (χ1n) is 3.01. The quantitative estimate of drug-likeness (QED) is 0.529. The summed E-state index contributed by atoms with van der Waals surface area (Å²) in [5.41, 5.74) is 0. The summed E-state index contributed by atoms with van der Waals surface area (Å²) in [6, 6.07) is 0.178. The standard InChI is InChI=1S/C5H2BrClIN/c6-4-1-3(7)2-5(8)9-4/h1-2H/i1D,2D. The Labute approximate surface area is 82.9 Å². The van der Waals surface area contributed by atoms with Gasteiger partial charge in [0.2, 0.25) is 0 Å². The normalized spacial score (nSPS) is 12.8. The Hall–Kier alpha value is 0.650. The molecule has 9 heavy (non-hydrogen) atoms. The number of nitrogens with zero attached hydrogens (tertiary/aromatic N) is 1. The smallest absolute Gasteiger partial charge is 0.108 e.